The molecule has 0 aliphatic carbocycles. The fourth-order valence-electron chi connectivity index (χ4n) is 4.12. The maximum absolute atomic E-state index is 13.0. The van der Waals surface area contributed by atoms with Crippen LogP contribution >= 0.6 is 11.6 Å². The smallest absolute Gasteiger partial charge is 0.295 e. The van der Waals surface area contributed by atoms with E-state index in [1.807, 2.05) is 49.0 Å². The first kappa shape index (κ1) is 20.2. The highest BCUT2D eigenvalue weighted by atomic mass is 35.5. The van der Waals surface area contributed by atoms with E-state index in [4.69, 9.17) is 11.6 Å². The maximum atomic E-state index is 13.0. The molecule has 1 atom stereocenters. The van der Waals surface area contributed by atoms with E-state index >= 15 is 0 Å². The van der Waals surface area contributed by atoms with Crippen molar-refractivity contribution in [3.8, 4) is 0 Å². The molecule has 0 bridgehead atoms. The van der Waals surface area contributed by atoms with Gasteiger partial charge in [-0.15, -0.1) is 0 Å². The summed E-state index contributed by atoms with van der Waals surface area (Å²) >= 11 is 5.97. The van der Waals surface area contributed by atoms with Crippen LogP contribution in [0.3, 0.4) is 0 Å². The van der Waals surface area contributed by atoms with Crippen molar-refractivity contribution < 1.29 is 14.7 Å². The van der Waals surface area contributed by atoms with E-state index in [9.17, 15) is 14.7 Å². The summed E-state index contributed by atoms with van der Waals surface area (Å²) < 4.78 is 1.98. The number of rotatable bonds is 5. The number of hydrogen-bond donors (Lipinski definition) is 1. The highest BCUT2D eigenvalue weighted by Gasteiger charge is 2.46. The number of carbonyl (C=O) groups excluding carboxylic acids is 2. The third-order valence-corrected chi connectivity index (χ3v) is 5.88. The van der Waals surface area contributed by atoms with Crippen LogP contribution in [0.25, 0.3) is 16.7 Å². The van der Waals surface area contributed by atoms with Gasteiger partial charge in [-0.2, -0.15) is 0 Å². The zero-order valence-electron chi connectivity index (χ0n) is 16.9. The number of aliphatic hydroxyl groups is 1. The number of Topliss-reactive ketones (excluding diaryl/α,β-unsaturated/α-hetero) is 1. The number of hydrogen-bond acceptors (Lipinski definition) is 3. The van der Waals surface area contributed by atoms with Gasteiger partial charge in [0.1, 0.15) is 5.76 Å². The van der Waals surface area contributed by atoms with E-state index in [0.717, 1.165) is 29.3 Å². The van der Waals surface area contributed by atoms with Crippen molar-refractivity contribution >= 4 is 40.0 Å². The minimum absolute atomic E-state index is 0.120. The number of aryl methyl sites for hydroxylation is 1. The summed E-state index contributed by atoms with van der Waals surface area (Å²) in [5.41, 5.74) is 2.41. The Morgan fingerprint density at radius 1 is 1.10 bits per heavy atom. The summed E-state index contributed by atoms with van der Waals surface area (Å²) in [7, 11) is 1.93. The Labute approximate surface area is 180 Å². The minimum atomic E-state index is -0.656. The third-order valence-electron chi connectivity index (χ3n) is 5.63. The molecule has 30 heavy (non-hydrogen) atoms. The Bertz CT molecular complexity index is 1160. The second-order valence-electron chi connectivity index (χ2n) is 7.57. The molecule has 1 aromatic heterocycles. The number of benzene rings is 2. The molecule has 1 aliphatic rings. The first-order valence-corrected chi connectivity index (χ1v) is 10.4. The molecule has 3 aromatic rings. The first-order valence-electron chi connectivity index (χ1n) is 10.0. The van der Waals surface area contributed by atoms with E-state index in [1.165, 1.54) is 0 Å². The summed E-state index contributed by atoms with van der Waals surface area (Å²) in [5, 5.41) is 12.6. The summed E-state index contributed by atoms with van der Waals surface area (Å²) in [5.74, 6) is -1.41. The van der Waals surface area contributed by atoms with Gasteiger partial charge in [0, 0.05) is 46.8 Å². The quantitative estimate of drug-likeness (QED) is 0.355. The molecule has 4 rings (SSSR count). The lowest BCUT2D eigenvalue weighted by Gasteiger charge is -2.24. The molecule has 1 saturated heterocycles. The molecule has 1 N–H and O–H groups in total. The molecule has 1 aliphatic heterocycles. The second-order valence-corrected chi connectivity index (χ2v) is 8.00. The monoisotopic (exact) mass is 422 g/mol. The van der Waals surface area contributed by atoms with Gasteiger partial charge in [0.05, 0.1) is 11.6 Å². The normalized spacial score (nSPS) is 18.5. The fraction of sp³-hybridized carbons (Fsp3) is 0.250. The summed E-state index contributed by atoms with van der Waals surface area (Å²) in [6.07, 6.45) is 3.60. The van der Waals surface area contributed by atoms with E-state index in [0.29, 0.717) is 17.1 Å². The van der Waals surface area contributed by atoms with Crippen LogP contribution in [0, 0.1) is 0 Å². The van der Waals surface area contributed by atoms with E-state index in [1.54, 1.807) is 29.2 Å². The van der Waals surface area contributed by atoms with Gasteiger partial charge in [0.2, 0.25) is 0 Å². The molecular formula is C24H23ClN2O3. The Morgan fingerprint density at radius 3 is 2.50 bits per heavy atom. The van der Waals surface area contributed by atoms with E-state index < -0.39 is 17.7 Å². The zero-order chi connectivity index (χ0) is 21.4. The predicted molar refractivity (Wildman–Crippen MR) is 118 cm³/mol. The number of unbranched alkanes of at least 4 members (excludes halogenated alkanes) is 1. The fourth-order valence-corrected chi connectivity index (χ4v) is 4.24. The highest BCUT2D eigenvalue weighted by Crippen LogP contribution is 2.42. The van der Waals surface area contributed by atoms with Crippen molar-refractivity contribution in [3.05, 3.63) is 76.5 Å². The van der Waals surface area contributed by atoms with Crippen molar-refractivity contribution in [2.75, 3.05) is 6.54 Å². The Morgan fingerprint density at radius 2 is 1.80 bits per heavy atom. The standard InChI is InChI=1S/C24H23ClN2O3/c1-3-4-13-27-21(18-14-26(2)19-8-6-5-7-17(18)19)20(23(29)24(27)30)22(28)15-9-11-16(25)12-10-15/h5-12,14,21,28H,3-4,13H2,1-2H3/b22-20+. The second kappa shape index (κ2) is 8.00. The SMILES string of the molecule is CCCCN1C(=O)C(=O)/C(=C(/O)c2ccc(Cl)cc2)C1c1cn(C)c2ccccc12. The molecular weight excluding hydrogens is 400 g/mol. The van der Waals surface area contributed by atoms with Crippen LogP contribution in [0.1, 0.15) is 36.9 Å². The topological polar surface area (TPSA) is 62.5 Å². The number of para-hydroxylation sites is 1. The van der Waals surface area contributed by atoms with Crippen molar-refractivity contribution in [1.82, 2.24) is 9.47 Å². The lowest BCUT2D eigenvalue weighted by atomic mass is 9.95. The van der Waals surface area contributed by atoms with E-state index in [2.05, 4.69) is 0 Å². The number of carbonyl (C=O) groups is 2. The van der Waals surface area contributed by atoms with Crippen LogP contribution in [0.2, 0.25) is 5.02 Å². The number of likely N-dealkylation sites (tertiary alicyclic amines) is 1. The largest absolute Gasteiger partial charge is 0.507 e. The molecule has 0 radical (unpaired) electrons. The van der Waals surface area contributed by atoms with Crippen molar-refractivity contribution in [1.29, 1.82) is 0 Å². The van der Waals surface area contributed by atoms with Gasteiger partial charge in [-0.05, 0) is 36.8 Å². The molecule has 5 nitrogen and oxygen atoms in total. The number of aromatic nitrogens is 1. The number of halogens is 1. The highest BCUT2D eigenvalue weighted by molar-refractivity contribution is 6.46. The van der Waals surface area contributed by atoms with Crippen LogP contribution in [0.15, 0.2) is 60.3 Å². The molecule has 6 heteroatoms. The molecule has 2 heterocycles. The van der Waals surface area contributed by atoms with Gasteiger partial charge in [0.25, 0.3) is 11.7 Å². The number of aliphatic hydroxyl groups excluding tert-OH is 1. The van der Waals surface area contributed by atoms with Crippen LogP contribution in [-0.2, 0) is 16.6 Å². The third kappa shape index (κ3) is 3.29. The van der Waals surface area contributed by atoms with Gasteiger partial charge < -0.3 is 14.6 Å². The number of ketones is 1. The average Bonchev–Trinajstić information content (AvgIpc) is 3.21. The molecule has 2 aromatic carbocycles. The minimum Gasteiger partial charge on any atom is -0.507 e. The molecule has 0 spiro atoms. The molecule has 0 saturated carbocycles. The zero-order valence-corrected chi connectivity index (χ0v) is 17.7. The first-order chi connectivity index (χ1) is 14.4. The van der Waals surface area contributed by atoms with Crippen molar-refractivity contribution in [2.24, 2.45) is 7.05 Å². The summed E-state index contributed by atoms with van der Waals surface area (Å²) in [6.45, 7) is 2.49. The Kier molecular flexibility index (Phi) is 5.39. The van der Waals surface area contributed by atoms with E-state index in [-0.39, 0.29) is 11.3 Å². The van der Waals surface area contributed by atoms with Crippen LogP contribution in [-0.4, -0.2) is 32.8 Å². The van der Waals surface area contributed by atoms with Gasteiger partial charge in [-0.3, -0.25) is 9.59 Å². The average molecular weight is 423 g/mol. The summed E-state index contributed by atoms with van der Waals surface area (Å²) in [4.78, 5) is 27.6. The number of nitrogens with zero attached hydrogens (tertiary/aromatic N) is 2. The Hall–Kier alpha value is -3.05. The molecule has 1 amide bonds. The van der Waals surface area contributed by atoms with Crippen molar-refractivity contribution in [2.45, 2.75) is 25.8 Å². The number of fused-ring (bicyclic) bond motifs is 1. The Balaban J connectivity index is 1.95. The van der Waals surface area contributed by atoms with Gasteiger partial charge in [-0.25, -0.2) is 0 Å². The molecule has 1 unspecified atom stereocenters. The lowest BCUT2D eigenvalue weighted by Crippen LogP contribution is -2.30. The maximum Gasteiger partial charge on any atom is 0.295 e. The van der Waals surface area contributed by atoms with Crippen molar-refractivity contribution in [3.63, 3.8) is 0 Å². The molecule has 1 fully saturated rings. The van der Waals surface area contributed by atoms with Gasteiger partial charge in [0.15, 0.2) is 0 Å². The van der Waals surface area contributed by atoms with Gasteiger partial charge >= 0.3 is 0 Å². The van der Waals surface area contributed by atoms with Crippen LogP contribution in [0.4, 0.5) is 0 Å². The summed E-state index contributed by atoms with van der Waals surface area (Å²) in [6, 6.07) is 13.8. The van der Waals surface area contributed by atoms with Crippen LogP contribution in [0.5, 0.6) is 0 Å². The predicted octanol–water partition coefficient (Wildman–Crippen LogP) is 5.05. The molecule has 154 valence electrons. The van der Waals surface area contributed by atoms with Gasteiger partial charge in [-0.1, -0.05) is 43.1 Å². The lowest BCUT2D eigenvalue weighted by molar-refractivity contribution is -0.139. The number of amides is 1. The van der Waals surface area contributed by atoms with Crippen LogP contribution < -0.4 is 0 Å².